The predicted octanol–water partition coefficient (Wildman–Crippen LogP) is 3.68. The normalized spacial score (nSPS) is 13.4. The Morgan fingerprint density at radius 2 is 1.96 bits per heavy atom. The van der Waals surface area contributed by atoms with Gasteiger partial charge in [-0.15, -0.1) is 0 Å². The first-order valence-corrected chi connectivity index (χ1v) is 8.61. The molecule has 1 N–H and O–H groups in total. The summed E-state index contributed by atoms with van der Waals surface area (Å²) in [4.78, 5) is 15.1. The van der Waals surface area contributed by atoms with Crippen molar-refractivity contribution in [1.82, 2.24) is 20.2 Å². The molecule has 0 amide bonds. The van der Waals surface area contributed by atoms with Crippen molar-refractivity contribution in [3.63, 3.8) is 0 Å². The van der Waals surface area contributed by atoms with Crippen LogP contribution in [0.4, 0.5) is 11.5 Å². The molecule has 0 atom stereocenters. The number of hydrogen-bond donors (Lipinski definition) is 1. The van der Waals surface area contributed by atoms with Gasteiger partial charge < -0.3 is 10.1 Å². The molecule has 0 aliphatic carbocycles. The van der Waals surface area contributed by atoms with Gasteiger partial charge in [0, 0.05) is 41.0 Å². The van der Waals surface area contributed by atoms with Crippen LogP contribution in [0.15, 0.2) is 66.0 Å². The Hall–Kier alpha value is -3.33. The molecule has 0 bridgehead atoms. The van der Waals surface area contributed by atoms with E-state index in [0.29, 0.717) is 11.4 Å². The molecule has 0 saturated carbocycles. The third kappa shape index (κ3) is 3.00. The Morgan fingerprint density at radius 1 is 1.19 bits per heavy atom. The summed E-state index contributed by atoms with van der Waals surface area (Å²) in [7, 11) is 0. The third-order valence-corrected chi connectivity index (χ3v) is 4.75. The topological polar surface area (TPSA) is 89.1 Å². The van der Waals surface area contributed by atoms with Crippen molar-refractivity contribution in [3.05, 3.63) is 76.1 Å². The molecule has 2 aromatic heterocycles. The van der Waals surface area contributed by atoms with Crippen LogP contribution in [-0.4, -0.2) is 19.7 Å². The molecule has 4 rings (SSSR count). The van der Waals surface area contributed by atoms with E-state index in [1.165, 1.54) is 22.7 Å². The summed E-state index contributed by atoms with van der Waals surface area (Å²) in [6, 6.07) is 12.4. The fraction of sp³-hybridized carbons (Fsp3) is 0.0588. The first kappa shape index (κ1) is 16.2. The SMILES string of the molecule is CC1=CSN(c2ccc(-n3nc(-c4cccnc4)cc3[N+](=O)[O-])cc2)N1. The summed E-state index contributed by atoms with van der Waals surface area (Å²) in [5.74, 6) is -0.0946. The highest BCUT2D eigenvalue weighted by molar-refractivity contribution is 8.03. The van der Waals surface area contributed by atoms with Crippen molar-refractivity contribution in [1.29, 1.82) is 0 Å². The fourth-order valence-electron chi connectivity index (χ4n) is 2.55. The lowest BCUT2D eigenvalue weighted by Crippen LogP contribution is -2.25. The molecule has 3 heterocycles. The van der Waals surface area contributed by atoms with Crippen molar-refractivity contribution < 1.29 is 4.92 Å². The van der Waals surface area contributed by atoms with E-state index in [4.69, 9.17) is 0 Å². The van der Waals surface area contributed by atoms with Crippen molar-refractivity contribution in [3.8, 4) is 16.9 Å². The van der Waals surface area contributed by atoms with Crippen LogP contribution in [0.3, 0.4) is 0 Å². The van der Waals surface area contributed by atoms with Gasteiger partial charge in [0.05, 0.1) is 11.8 Å². The highest BCUT2D eigenvalue weighted by Crippen LogP contribution is 2.30. The van der Waals surface area contributed by atoms with Gasteiger partial charge in [-0.3, -0.25) is 10.4 Å². The van der Waals surface area contributed by atoms with Gasteiger partial charge in [-0.05, 0) is 48.2 Å². The first-order chi connectivity index (χ1) is 12.6. The number of nitrogens with one attached hydrogen (secondary N) is 1. The van der Waals surface area contributed by atoms with Crippen LogP contribution in [0.25, 0.3) is 16.9 Å². The number of nitrogens with zero attached hydrogens (tertiary/aromatic N) is 5. The number of allylic oxidation sites excluding steroid dienone is 1. The van der Waals surface area contributed by atoms with Crippen LogP contribution in [0.5, 0.6) is 0 Å². The summed E-state index contributed by atoms with van der Waals surface area (Å²) >= 11 is 1.54. The number of hydrazine groups is 1. The first-order valence-electron chi connectivity index (χ1n) is 7.77. The molecule has 9 heteroatoms. The Bertz CT molecular complexity index is 984. The Kier molecular flexibility index (Phi) is 4.05. The van der Waals surface area contributed by atoms with E-state index in [1.54, 1.807) is 30.6 Å². The van der Waals surface area contributed by atoms with Crippen molar-refractivity contribution in [2.24, 2.45) is 0 Å². The van der Waals surface area contributed by atoms with E-state index in [9.17, 15) is 10.1 Å². The van der Waals surface area contributed by atoms with Gasteiger partial charge in [-0.25, -0.2) is 4.41 Å². The maximum absolute atomic E-state index is 11.5. The highest BCUT2D eigenvalue weighted by atomic mass is 32.2. The fourth-order valence-corrected chi connectivity index (χ4v) is 3.30. The lowest BCUT2D eigenvalue weighted by atomic mass is 10.2. The predicted molar refractivity (Wildman–Crippen MR) is 100 cm³/mol. The van der Waals surface area contributed by atoms with E-state index in [-0.39, 0.29) is 5.82 Å². The van der Waals surface area contributed by atoms with Gasteiger partial charge in [-0.2, -0.15) is 0 Å². The van der Waals surface area contributed by atoms with Crippen LogP contribution in [-0.2, 0) is 0 Å². The number of hydrogen-bond acceptors (Lipinski definition) is 7. The molecule has 0 unspecified atom stereocenters. The lowest BCUT2D eigenvalue weighted by Gasteiger charge is -2.17. The molecule has 1 aliphatic rings. The minimum Gasteiger partial charge on any atom is -0.358 e. The molecule has 0 saturated heterocycles. The van der Waals surface area contributed by atoms with Crippen LogP contribution in [0.2, 0.25) is 0 Å². The maximum atomic E-state index is 11.5. The molecule has 0 radical (unpaired) electrons. The van der Waals surface area contributed by atoms with E-state index >= 15 is 0 Å². The van der Waals surface area contributed by atoms with E-state index in [2.05, 4.69) is 15.5 Å². The number of nitro groups is 1. The van der Waals surface area contributed by atoms with Crippen LogP contribution in [0, 0.1) is 10.1 Å². The molecule has 8 nitrogen and oxygen atoms in total. The molecule has 130 valence electrons. The Labute approximate surface area is 153 Å². The van der Waals surface area contributed by atoms with Crippen molar-refractivity contribution >= 4 is 23.5 Å². The summed E-state index contributed by atoms with van der Waals surface area (Å²) in [5, 5.41) is 17.9. The second-order valence-electron chi connectivity index (χ2n) is 5.63. The van der Waals surface area contributed by atoms with Gasteiger partial charge in [0.2, 0.25) is 0 Å². The van der Waals surface area contributed by atoms with E-state index in [0.717, 1.165) is 16.9 Å². The molecule has 1 aliphatic heterocycles. The largest absolute Gasteiger partial charge is 0.358 e. The van der Waals surface area contributed by atoms with Gasteiger partial charge in [0.1, 0.15) is 5.69 Å². The standard InChI is InChI=1S/C17H14N6O2S/c1-12-11-26-22(19-12)15-6-4-14(5-7-15)21-17(23(24)25)9-16(20-21)13-3-2-8-18-10-13/h2-11,19H,1H3. The van der Waals surface area contributed by atoms with Gasteiger partial charge in [-0.1, -0.05) is 9.78 Å². The number of benzene rings is 1. The molecular formula is C17H14N6O2S. The van der Waals surface area contributed by atoms with Crippen molar-refractivity contribution in [2.75, 3.05) is 4.41 Å². The minimum absolute atomic E-state index is 0.0946. The molecule has 0 spiro atoms. The molecule has 3 aromatic rings. The lowest BCUT2D eigenvalue weighted by molar-refractivity contribution is -0.391. The summed E-state index contributed by atoms with van der Waals surface area (Å²) in [6.45, 7) is 1.98. The van der Waals surface area contributed by atoms with Gasteiger partial charge >= 0.3 is 5.82 Å². The highest BCUT2D eigenvalue weighted by Gasteiger charge is 2.22. The van der Waals surface area contributed by atoms with Crippen molar-refractivity contribution in [2.45, 2.75) is 6.92 Å². The van der Waals surface area contributed by atoms with Gasteiger partial charge in [0.25, 0.3) is 0 Å². The van der Waals surface area contributed by atoms with E-state index < -0.39 is 4.92 Å². The van der Waals surface area contributed by atoms with Gasteiger partial charge in [0.15, 0.2) is 5.69 Å². The average molecular weight is 366 g/mol. The minimum atomic E-state index is -0.439. The quantitative estimate of drug-likeness (QED) is 0.428. The monoisotopic (exact) mass is 366 g/mol. The summed E-state index contributed by atoms with van der Waals surface area (Å²) in [5.41, 5.74) is 7.05. The number of rotatable bonds is 4. The Morgan fingerprint density at radius 3 is 2.58 bits per heavy atom. The smallest absolute Gasteiger partial charge is 0.350 e. The Balaban J connectivity index is 1.68. The van der Waals surface area contributed by atoms with Crippen LogP contribution < -0.4 is 9.84 Å². The zero-order valence-electron chi connectivity index (χ0n) is 13.7. The number of pyridine rings is 1. The zero-order valence-corrected chi connectivity index (χ0v) is 14.6. The summed E-state index contributed by atoms with van der Waals surface area (Å²) < 4.78 is 3.25. The van der Waals surface area contributed by atoms with Crippen LogP contribution >= 0.6 is 11.9 Å². The second-order valence-corrected chi connectivity index (χ2v) is 6.44. The number of anilines is 1. The maximum Gasteiger partial charge on any atom is 0.350 e. The molecular weight excluding hydrogens is 352 g/mol. The van der Waals surface area contributed by atoms with Crippen LogP contribution in [0.1, 0.15) is 6.92 Å². The third-order valence-electron chi connectivity index (χ3n) is 3.78. The summed E-state index contributed by atoms with van der Waals surface area (Å²) in [6.07, 6.45) is 3.28. The number of aromatic nitrogens is 3. The molecule has 1 aromatic carbocycles. The zero-order chi connectivity index (χ0) is 18.1. The average Bonchev–Trinajstić information content (AvgIpc) is 3.29. The van der Waals surface area contributed by atoms with E-state index in [1.807, 2.05) is 34.9 Å². The molecule has 0 fully saturated rings. The second kappa shape index (κ2) is 6.52. The molecule has 26 heavy (non-hydrogen) atoms.